The fourth-order valence-electron chi connectivity index (χ4n) is 1.86. The summed E-state index contributed by atoms with van der Waals surface area (Å²) >= 11 is 0. The summed E-state index contributed by atoms with van der Waals surface area (Å²) in [6.07, 6.45) is 0. The molecule has 0 amide bonds. The maximum absolute atomic E-state index is 11.9. The van der Waals surface area contributed by atoms with E-state index >= 15 is 0 Å². The van der Waals surface area contributed by atoms with Crippen molar-refractivity contribution >= 4 is 15.7 Å². The van der Waals surface area contributed by atoms with Crippen molar-refractivity contribution in [2.45, 2.75) is 4.90 Å². The van der Waals surface area contributed by atoms with Crippen molar-refractivity contribution in [1.82, 2.24) is 4.72 Å². The van der Waals surface area contributed by atoms with E-state index in [1.165, 1.54) is 6.07 Å². The SMILES string of the molecule is O=S1(=O)NCNc2ccc(Oc3ccccc3)cc21. The molecule has 0 spiro atoms. The maximum atomic E-state index is 11.9. The molecule has 0 saturated heterocycles. The van der Waals surface area contributed by atoms with Crippen molar-refractivity contribution in [3.05, 3.63) is 48.5 Å². The molecule has 0 aliphatic carbocycles. The summed E-state index contributed by atoms with van der Waals surface area (Å²) in [6.45, 7) is 0.203. The molecule has 2 aromatic carbocycles. The van der Waals surface area contributed by atoms with Crippen LogP contribution in [0.4, 0.5) is 5.69 Å². The van der Waals surface area contributed by atoms with Gasteiger partial charge in [0, 0.05) is 6.07 Å². The second-order valence-electron chi connectivity index (χ2n) is 4.07. The van der Waals surface area contributed by atoms with Gasteiger partial charge >= 0.3 is 0 Å². The number of hydrogen-bond donors (Lipinski definition) is 2. The smallest absolute Gasteiger partial charge is 0.244 e. The number of rotatable bonds is 2. The van der Waals surface area contributed by atoms with Gasteiger partial charge in [-0.15, -0.1) is 0 Å². The molecule has 1 aliphatic heterocycles. The van der Waals surface area contributed by atoms with Crippen molar-refractivity contribution < 1.29 is 13.2 Å². The van der Waals surface area contributed by atoms with E-state index in [9.17, 15) is 8.42 Å². The van der Waals surface area contributed by atoms with E-state index in [0.29, 0.717) is 17.2 Å². The fourth-order valence-corrected chi connectivity index (χ4v) is 2.98. The molecule has 98 valence electrons. The highest BCUT2D eigenvalue weighted by molar-refractivity contribution is 7.89. The molecule has 1 aliphatic rings. The van der Waals surface area contributed by atoms with E-state index in [4.69, 9.17) is 4.74 Å². The number of nitrogens with one attached hydrogen (secondary N) is 2. The molecule has 0 aromatic heterocycles. The molecule has 0 atom stereocenters. The predicted octanol–water partition coefficient (Wildman–Crippen LogP) is 2.14. The first-order chi connectivity index (χ1) is 9.15. The molecule has 1 heterocycles. The van der Waals surface area contributed by atoms with Gasteiger partial charge in [0.15, 0.2) is 0 Å². The van der Waals surface area contributed by atoms with Crippen molar-refractivity contribution in [1.29, 1.82) is 0 Å². The summed E-state index contributed by atoms with van der Waals surface area (Å²) in [6, 6.07) is 14.2. The first-order valence-electron chi connectivity index (χ1n) is 5.76. The number of hydrogen-bond acceptors (Lipinski definition) is 4. The number of para-hydroxylation sites is 1. The molecule has 0 saturated carbocycles. The quantitative estimate of drug-likeness (QED) is 0.882. The standard InChI is InChI=1S/C13H12N2O3S/c16-19(17)13-8-11(6-7-12(13)14-9-15-19)18-10-4-2-1-3-5-10/h1-8,14-15H,9H2. The first-order valence-corrected chi connectivity index (χ1v) is 7.24. The Morgan fingerprint density at radius 1 is 1.00 bits per heavy atom. The van der Waals surface area contributed by atoms with Crippen LogP contribution >= 0.6 is 0 Å². The zero-order valence-corrected chi connectivity index (χ0v) is 10.8. The van der Waals surface area contributed by atoms with E-state index in [1.807, 2.05) is 30.3 Å². The van der Waals surface area contributed by atoms with Gasteiger partial charge in [-0.25, -0.2) is 8.42 Å². The Morgan fingerprint density at radius 3 is 2.58 bits per heavy atom. The van der Waals surface area contributed by atoms with Crippen LogP contribution in [0.3, 0.4) is 0 Å². The third-order valence-electron chi connectivity index (χ3n) is 2.76. The lowest BCUT2D eigenvalue weighted by Crippen LogP contribution is -2.34. The molecule has 6 heteroatoms. The van der Waals surface area contributed by atoms with Gasteiger partial charge in [0.1, 0.15) is 16.4 Å². The van der Waals surface area contributed by atoms with E-state index < -0.39 is 10.0 Å². The van der Waals surface area contributed by atoms with E-state index in [0.717, 1.165) is 0 Å². The number of sulfonamides is 1. The highest BCUT2D eigenvalue weighted by Gasteiger charge is 2.23. The van der Waals surface area contributed by atoms with Crippen LogP contribution in [-0.4, -0.2) is 15.1 Å². The average Bonchev–Trinajstić information content (AvgIpc) is 2.40. The Hall–Kier alpha value is -2.05. The van der Waals surface area contributed by atoms with Gasteiger partial charge in [0.25, 0.3) is 0 Å². The lowest BCUT2D eigenvalue weighted by atomic mass is 10.3. The molecular weight excluding hydrogens is 264 g/mol. The molecule has 3 rings (SSSR count). The summed E-state index contributed by atoms with van der Waals surface area (Å²) < 4.78 is 31.8. The van der Waals surface area contributed by atoms with Crippen molar-refractivity contribution in [3.63, 3.8) is 0 Å². The number of benzene rings is 2. The van der Waals surface area contributed by atoms with Crippen molar-refractivity contribution in [2.75, 3.05) is 12.0 Å². The highest BCUT2D eigenvalue weighted by atomic mass is 32.2. The summed E-state index contributed by atoms with van der Waals surface area (Å²) in [5, 5.41) is 2.96. The first kappa shape index (κ1) is 12.0. The van der Waals surface area contributed by atoms with Crippen LogP contribution < -0.4 is 14.8 Å². The third-order valence-corrected chi connectivity index (χ3v) is 4.20. The average molecular weight is 276 g/mol. The van der Waals surface area contributed by atoms with E-state index in [1.54, 1.807) is 12.1 Å². The van der Waals surface area contributed by atoms with Crippen LogP contribution in [0.5, 0.6) is 11.5 Å². The Labute approximate surface area is 111 Å². The number of anilines is 1. The summed E-state index contributed by atoms with van der Waals surface area (Å²) in [7, 11) is -3.45. The monoisotopic (exact) mass is 276 g/mol. The van der Waals surface area contributed by atoms with Gasteiger partial charge in [-0.2, -0.15) is 4.72 Å². The number of fused-ring (bicyclic) bond motifs is 1. The summed E-state index contributed by atoms with van der Waals surface area (Å²) in [4.78, 5) is 0.201. The van der Waals surface area contributed by atoms with Crippen LogP contribution in [0.2, 0.25) is 0 Å². The Balaban J connectivity index is 1.97. The van der Waals surface area contributed by atoms with Crippen LogP contribution in [0.25, 0.3) is 0 Å². The minimum Gasteiger partial charge on any atom is -0.457 e. The molecule has 0 radical (unpaired) electrons. The zero-order valence-electron chi connectivity index (χ0n) is 9.96. The van der Waals surface area contributed by atoms with Gasteiger partial charge in [0.2, 0.25) is 10.0 Å². The van der Waals surface area contributed by atoms with Gasteiger partial charge in [-0.05, 0) is 24.3 Å². The Kier molecular flexibility index (Phi) is 2.88. The van der Waals surface area contributed by atoms with Crippen LogP contribution in [-0.2, 0) is 10.0 Å². The highest BCUT2D eigenvalue weighted by Crippen LogP contribution is 2.30. The fraction of sp³-hybridized carbons (Fsp3) is 0.0769. The van der Waals surface area contributed by atoms with Crippen LogP contribution in [0.1, 0.15) is 0 Å². The lowest BCUT2D eigenvalue weighted by molar-refractivity contribution is 0.480. The normalized spacial score (nSPS) is 16.2. The summed E-state index contributed by atoms with van der Waals surface area (Å²) in [5.74, 6) is 1.15. The largest absolute Gasteiger partial charge is 0.457 e. The molecule has 0 bridgehead atoms. The van der Waals surface area contributed by atoms with Crippen molar-refractivity contribution in [3.8, 4) is 11.5 Å². The molecule has 0 unspecified atom stereocenters. The molecule has 2 aromatic rings. The second-order valence-corrected chi connectivity index (χ2v) is 5.81. The Morgan fingerprint density at radius 2 is 1.79 bits per heavy atom. The van der Waals surface area contributed by atoms with Gasteiger partial charge < -0.3 is 10.1 Å². The zero-order chi connectivity index (χ0) is 13.3. The van der Waals surface area contributed by atoms with E-state index in [-0.39, 0.29) is 11.6 Å². The topological polar surface area (TPSA) is 67.4 Å². The van der Waals surface area contributed by atoms with Gasteiger partial charge in [-0.1, -0.05) is 18.2 Å². The van der Waals surface area contributed by atoms with Crippen LogP contribution in [0, 0.1) is 0 Å². The molecule has 2 N–H and O–H groups in total. The third kappa shape index (κ3) is 2.40. The predicted molar refractivity (Wildman–Crippen MR) is 71.8 cm³/mol. The number of ether oxygens (including phenoxy) is 1. The second kappa shape index (κ2) is 4.56. The van der Waals surface area contributed by atoms with Crippen molar-refractivity contribution in [2.24, 2.45) is 0 Å². The maximum Gasteiger partial charge on any atom is 0.244 e. The van der Waals surface area contributed by atoms with Gasteiger partial charge in [-0.3, -0.25) is 0 Å². The van der Waals surface area contributed by atoms with Gasteiger partial charge in [0.05, 0.1) is 12.4 Å². The minimum absolute atomic E-state index is 0.201. The molecular formula is C13H12N2O3S. The van der Waals surface area contributed by atoms with E-state index in [2.05, 4.69) is 10.0 Å². The molecule has 5 nitrogen and oxygen atoms in total. The molecule has 0 fully saturated rings. The molecule has 19 heavy (non-hydrogen) atoms. The summed E-state index contributed by atoms with van der Waals surface area (Å²) in [5.41, 5.74) is 0.583. The lowest BCUT2D eigenvalue weighted by Gasteiger charge is -2.19. The van der Waals surface area contributed by atoms with Crippen LogP contribution in [0.15, 0.2) is 53.4 Å². The Bertz CT molecular complexity index is 699. The minimum atomic E-state index is -3.45.